The lowest BCUT2D eigenvalue weighted by atomic mass is 9.97. The summed E-state index contributed by atoms with van der Waals surface area (Å²) in [6, 6.07) is 10.2. The number of fused-ring (bicyclic) bond motifs is 1. The highest BCUT2D eigenvalue weighted by molar-refractivity contribution is 7.91. The molecule has 1 aromatic carbocycles. The second kappa shape index (κ2) is 9.52. The van der Waals surface area contributed by atoms with E-state index in [-0.39, 0.29) is 5.92 Å². The summed E-state index contributed by atoms with van der Waals surface area (Å²) >= 11 is -1.04. The third kappa shape index (κ3) is 4.37. The van der Waals surface area contributed by atoms with E-state index in [4.69, 9.17) is 19.1 Å². The van der Waals surface area contributed by atoms with Crippen LogP contribution in [-0.2, 0) is 22.3 Å². The number of ether oxygens (including phenoxy) is 1. The lowest BCUT2D eigenvalue weighted by Gasteiger charge is -2.31. The molecule has 1 unspecified atom stereocenters. The van der Waals surface area contributed by atoms with Crippen molar-refractivity contribution in [2.45, 2.75) is 49.0 Å². The van der Waals surface area contributed by atoms with Crippen LogP contribution in [0, 0.1) is 0 Å². The highest BCUT2D eigenvalue weighted by Gasteiger charge is 2.34. The number of piperidine rings is 1. The van der Waals surface area contributed by atoms with Crippen molar-refractivity contribution in [3.05, 3.63) is 41.9 Å². The summed E-state index contributed by atoms with van der Waals surface area (Å²) < 4.78 is 24.1. The Labute approximate surface area is 201 Å². The van der Waals surface area contributed by atoms with Crippen LogP contribution in [-0.4, -0.2) is 62.8 Å². The fraction of sp³-hybridized carbons (Fsp3) is 0.500. The predicted octanol–water partition coefficient (Wildman–Crippen LogP) is 3.17. The van der Waals surface area contributed by atoms with Gasteiger partial charge >= 0.3 is 0 Å². The minimum Gasteiger partial charge on any atom is -0.611 e. The SMILES string of the molecule is [O-][S+]1CCc2nc(N3CCC(c4nnc(-c5ccccc5)o4)CC3)nc(NC3CCOCC3)c21. The molecule has 5 heterocycles. The van der Waals surface area contributed by atoms with Gasteiger partial charge in [0.05, 0.1) is 0 Å². The summed E-state index contributed by atoms with van der Waals surface area (Å²) in [5.41, 5.74) is 1.86. The van der Waals surface area contributed by atoms with Gasteiger partial charge in [-0.1, -0.05) is 18.2 Å². The van der Waals surface area contributed by atoms with Crippen LogP contribution in [0.2, 0.25) is 0 Å². The van der Waals surface area contributed by atoms with E-state index in [1.54, 1.807) is 0 Å². The Kier molecular flexibility index (Phi) is 6.11. The molecule has 0 amide bonds. The number of anilines is 2. The van der Waals surface area contributed by atoms with E-state index in [0.29, 0.717) is 23.6 Å². The minimum absolute atomic E-state index is 0.225. The van der Waals surface area contributed by atoms with Gasteiger partial charge in [-0.05, 0) is 49.0 Å². The van der Waals surface area contributed by atoms with Crippen molar-refractivity contribution in [3.8, 4) is 11.5 Å². The largest absolute Gasteiger partial charge is 0.611 e. The normalized spacial score (nSPS) is 21.6. The minimum atomic E-state index is -1.04. The zero-order chi connectivity index (χ0) is 22.9. The topological polar surface area (TPSA) is 112 Å². The maximum atomic E-state index is 12.6. The van der Waals surface area contributed by atoms with Gasteiger partial charge in [-0.3, -0.25) is 0 Å². The molecule has 0 aliphatic carbocycles. The van der Waals surface area contributed by atoms with Gasteiger partial charge in [0.15, 0.2) is 5.82 Å². The van der Waals surface area contributed by atoms with Crippen molar-refractivity contribution < 1.29 is 13.7 Å². The number of hydrogen-bond acceptors (Lipinski definition) is 9. The molecule has 0 saturated carbocycles. The second-order valence-electron chi connectivity index (χ2n) is 9.05. The van der Waals surface area contributed by atoms with Gasteiger partial charge < -0.3 is 23.9 Å². The Balaban J connectivity index is 1.17. The smallest absolute Gasteiger partial charge is 0.247 e. The Morgan fingerprint density at radius 3 is 2.59 bits per heavy atom. The number of nitrogens with one attached hydrogen (secondary N) is 1. The molecule has 2 fully saturated rings. The quantitative estimate of drug-likeness (QED) is 0.550. The Morgan fingerprint density at radius 2 is 1.79 bits per heavy atom. The van der Waals surface area contributed by atoms with Crippen LogP contribution in [0.3, 0.4) is 0 Å². The van der Waals surface area contributed by atoms with E-state index in [1.165, 1.54) is 0 Å². The maximum absolute atomic E-state index is 12.6. The molecule has 178 valence electrons. The molecule has 10 heteroatoms. The van der Waals surface area contributed by atoms with E-state index in [1.807, 2.05) is 30.3 Å². The van der Waals surface area contributed by atoms with Crippen LogP contribution in [0.4, 0.5) is 11.8 Å². The third-order valence-electron chi connectivity index (χ3n) is 6.83. The summed E-state index contributed by atoms with van der Waals surface area (Å²) in [7, 11) is 0. The first-order chi connectivity index (χ1) is 16.7. The second-order valence-corrected chi connectivity index (χ2v) is 10.6. The summed E-state index contributed by atoms with van der Waals surface area (Å²) in [5.74, 6) is 3.58. The molecule has 1 atom stereocenters. The Bertz CT molecular complexity index is 1130. The molecule has 34 heavy (non-hydrogen) atoms. The lowest BCUT2D eigenvalue weighted by Crippen LogP contribution is -2.35. The molecular weight excluding hydrogens is 452 g/mol. The zero-order valence-corrected chi connectivity index (χ0v) is 19.8. The van der Waals surface area contributed by atoms with Crippen LogP contribution >= 0.6 is 0 Å². The van der Waals surface area contributed by atoms with E-state index in [2.05, 4.69) is 20.4 Å². The molecule has 2 saturated heterocycles. The van der Waals surface area contributed by atoms with Gasteiger partial charge in [0, 0.05) is 50.2 Å². The molecule has 0 spiro atoms. The standard InChI is InChI=1S/C24H28N6O3S/c31-34-15-10-19-20(34)21(25-18-8-13-32-14-9-18)27-24(26-19)30-11-6-17(7-12-30)23-29-28-22(33-23)16-4-2-1-3-5-16/h1-5,17-18H,6-15H2,(H,25,26,27). The van der Waals surface area contributed by atoms with Gasteiger partial charge in [0.25, 0.3) is 0 Å². The summed E-state index contributed by atoms with van der Waals surface area (Å²) in [5, 5.41) is 12.1. The highest BCUT2D eigenvalue weighted by atomic mass is 32.2. The molecule has 3 aromatic rings. The molecule has 0 bridgehead atoms. The summed E-state index contributed by atoms with van der Waals surface area (Å²) in [4.78, 5) is 12.7. The van der Waals surface area contributed by atoms with Crippen LogP contribution in [0.25, 0.3) is 11.5 Å². The van der Waals surface area contributed by atoms with Gasteiger partial charge in [-0.25, -0.2) is 4.98 Å². The van der Waals surface area contributed by atoms with E-state index in [0.717, 1.165) is 86.3 Å². The van der Waals surface area contributed by atoms with Crippen molar-refractivity contribution >= 4 is 22.9 Å². The first kappa shape index (κ1) is 21.8. The number of nitrogens with zero attached hydrogens (tertiary/aromatic N) is 5. The summed E-state index contributed by atoms with van der Waals surface area (Å²) in [6.45, 7) is 3.12. The summed E-state index contributed by atoms with van der Waals surface area (Å²) in [6.07, 6.45) is 4.39. The molecule has 2 aromatic heterocycles. The number of hydrogen-bond donors (Lipinski definition) is 1. The van der Waals surface area contributed by atoms with Crippen molar-refractivity contribution in [2.24, 2.45) is 0 Å². The van der Waals surface area contributed by atoms with E-state index in [9.17, 15) is 4.55 Å². The molecule has 6 rings (SSSR count). The number of benzene rings is 1. The number of rotatable bonds is 5. The predicted molar refractivity (Wildman–Crippen MR) is 128 cm³/mol. The average molecular weight is 481 g/mol. The van der Waals surface area contributed by atoms with Crippen molar-refractivity contribution in [1.82, 2.24) is 20.2 Å². The van der Waals surface area contributed by atoms with Crippen molar-refractivity contribution in [1.29, 1.82) is 0 Å². The van der Waals surface area contributed by atoms with E-state index < -0.39 is 11.2 Å². The fourth-order valence-electron chi connectivity index (χ4n) is 4.88. The molecular formula is C24H28N6O3S. The number of aromatic nitrogens is 4. The molecule has 9 nitrogen and oxygen atoms in total. The monoisotopic (exact) mass is 480 g/mol. The Morgan fingerprint density at radius 1 is 1.00 bits per heavy atom. The van der Waals surface area contributed by atoms with Crippen LogP contribution in [0.15, 0.2) is 39.6 Å². The van der Waals surface area contributed by atoms with E-state index >= 15 is 0 Å². The third-order valence-corrected chi connectivity index (χ3v) is 8.29. The molecule has 3 aliphatic rings. The maximum Gasteiger partial charge on any atom is 0.247 e. The highest BCUT2D eigenvalue weighted by Crippen LogP contribution is 2.35. The zero-order valence-electron chi connectivity index (χ0n) is 19.0. The van der Waals surface area contributed by atoms with Crippen molar-refractivity contribution in [2.75, 3.05) is 42.3 Å². The van der Waals surface area contributed by atoms with Crippen LogP contribution < -0.4 is 10.2 Å². The van der Waals surface area contributed by atoms with Crippen molar-refractivity contribution in [3.63, 3.8) is 0 Å². The first-order valence-electron chi connectivity index (χ1n) is 12.0. The molecule has 3 aliphatic heterocycles. The Hall–Kier alpha value is -2.69. The first-order valence-corrected chi connectivity index (χ1v) is 13.3. The van der Waals surface area contributed by atoms with Gasteiger partial charge in [-0.15, -0.1) is 10.2 Å². The van der Waals surface area contributed by atoms with Gasteiger partial charge in [0.1, 0.15) is 11.4 Å². The number of aryl methyl sites for hydroxylation is 1. The fourth-order valence-corrected chi connectivity index (χ4v) is 6.20. The molecule has 0 radical (unpaired) electrons. The average Bonchev–Trinajstić information content (AvgIpc) is 3.53. The lowest BCUT2D eigenvalue weighted by molar-refractivity contribution is 0.0903. The van der Waals surface area contributed by atoms with Crippen LogP contribution in [0.5, 0.6) is 0 Å². The molecule has 1 N–H and O–H groups in total. The van der Waals surface area contributed by atoms with Gasteiger partial charge in [-0.2, -0.15) is 4.98 Å². The van der Waals surface area contributed by atoms with Gasteiger partial charge in [0.2, 0.25) is 22.6 Å². The van der Waals surface area contributed by atoms with Crippen LogP contribution in [0.1, 0.15) is 43.2 Å².